The van der Waals surface area contributed by atoms with Crippen molar-refractivity contribution in [3.63, 3.8) is 0 Å². The van der Waals surface area contributed by atoms with Crippen LogP contribution in [-0.4, -0.2) is 7.05 Å². The first kappa shape index (κ1) is 12.3. The van der Waals surface area contributed by atoms with Crippen molar-refractivity contribution in [3.05, 3.63) is 22.4 Å². The minimum atomic E-state index is 0.593. The van der Waals surface area contributed by atoms with Crippen molar-refractivity contribution in [2.45, 2.75) is 41.0 Å². The largest absolute Gasteiger partial charge is 0.326 e. The monoisotopic (exact) mass is 208 g/mol. The minimum Gasteiger partial charge on any atom is -0.326 e. The lowest BCUT2D eigenvalue weighted by molar-refractivity contribution is 0.657. The summed E-state index contributed by atoms with van der Waals surface area (Å²) in [6.45, 7) is 11.2. The summed E-state index contributed by atoms with van der Waals surface area (Å²) >= 11 is 0. The Balaban J connectivity index is 2.74. The summed E-state index contributed by atoms with van der Waals surface area (Å²) in [6, 6.07) is 0. The van der Waals surface area contributed by atoms with Crippen LogP contribution in [0.15, 0.2) is 22.4 Å². The lowest BCUT2D eigenvalue weighted by Crippen LogP contribution is -2.27. The van der Waals surface area contributed by atoms with Gasteiger partial charge in [-0.1, -0.05) is 31.9 Å². The summed E-state index contributed by atoms with van der Waals surface area (Å²) in [7, 11) is 1.90. The Kier molecular flexibility index (Phi) is 3.97. The average molecular weight is 208 g/mol. The van der Waals surface area contributed by atoms with Gasteiger partial charge in [0.25, 0.3) is 0 Å². The molecule has 1 aliphatic carbocycles. The van der Waals surface area contributed by atoms with Crippen molar-refractivity contribution in [1.29, 1.82) is 0 Å². The van der Waals surface area contributed by atoms with E-state index in [1.54, 1.807) is 11.1 Å². The SMILES string of the molecule is CCC1=C([C@@H](C)/C(C)=C(\C)NNC)C1C. The maximum absolute atomic E-state index is 3.16. The second-order valence-electron chi connectivity index (χ2n) is 4.46. The molecule has 0 radical (unpaired) electrons. The van der Waals surface area contributed by atoms with Gasteiger partial charge in [0.1, 0.15) is 0 Å². The molecule has 0 saturated carbocycles. The summed E-state index contributed by atoms with van der Waals surface area (Å²) < 4.78 is 0. The van der Waals surface area contributed by atoms with E-state index in [0.29, 0.717) is 5.92 Å². The first-order valence-electron chi connectivity index (χ1n) is 5.87. The Bertz CT molecular complexity index is 300. The van der Waals surface area contributed by atoms with E-state index in [9.17, 15) is 0 Å². The van der Waals surface area contributed by atoms with Gasteiger partial charge in [-0.3, -0.25) is 0 Å². The molecule has 0 heterocycles. The third-order valence-electron chi connectivity index (χ3n) is 3.68. The molecule has 0 amide bonds. The predicted octanol–water partition coefficient (Wildman–Crippen LogP) is 3.00. The van der Waals surface area contributed by atoms with Gasteiger partial charge in [0.05, 0.1) is 0 Å². The molecule has 1 aliphatic rings. The molecule has 0 aromatic carbocycles. The van der Waals surface area contributed by atoms with Crippen molar-refractivity contribution < 1.29 is 0 Å². The standard InChI is InChI=1S/C13H24N2/c1-7-12-10(4)13(12)9(3)8(2)11(5)15-14-6/h9-10,14-15H,7H2,1-6H3/b11-8+/t9-,10?/m0/s1. The van der Waals surface area contributed by atoms with Gasteiger partial charge in [0.15, 0.2) is 0 Å². The number of rotatable bonds is 5. The van der Waals surface area contributed by atoms with Crippen LogP contribution in [0.25, 0.3) is 0 Å². The molecule has 0 fully saturated rings. The van der Waals surface area contributed by atoms with Crippen LogP contribution in [0.1, 0.15) is 41.0 Å². The van der Waals surface area contributed by atoms with Gasteiger partial charge in [0, 0.05) is 18.7 Å². The number of nitrogens with one attached hydrogen (secondary N) is 2. The first-order chi connectivity index (χ1) is 7.04. The second-order valence-corrected chi connectivity index (χ2v) is 4.46. The van der Waals surface area contributed by atoms with E-state index < -0.39 is 0 Å². The first-order valence-corrected chi connectivity index (χ1v) is 5.87. The van der Waals surface area contributed by atoms with Gasteiger partial charge in [-0.05, 0) is 31.8 Å². The highest BCUT2D eigenvalue weighted by molar-refractivity contribution is 5.45. The van der Waals surface area contributed by atoms with E-state index in [-0.39, 0.29) is 0 Å². The Morgan fingerprint density at radius 2 is 2.00 bits per heavy atom. The van der Waals surface area contributed by atoms with Crippen molar-refractivity contribution in [1.82, 2.24) is 10.9 Å². The highest BCUT2D eigenvalue weighted by Crippen LogP contribution is 2.47. The van der Waals surface area contributed by atoms with Gasteiger partial charge < -0.3 is 5.43 Å². The fourth-order valence-corrected chi connectivity index (χ4v) is 2.43. The van der Waals surface area contributed by atoms with Crippen molar-refractivity contribution in [2.75, 3.05) is 7.05 Å². The third-order valence-corrected chi connectivity index (χ3v) is 3.68. The molecule has 0 aliphatic heterocycles. The third kappa shape index (κ3) is 2.43. The van der Waals surface area contributed by atoms with Crippen molar-refractivity contribution >= 4 is 0 Å². The molecule has 1 unspecified atom stereocenters. The normalized spacial score (nSPS) is 23.7. The zero-order valence-electron chi connectivity index (χ0n) is 10.9. The molecular weight excluding hydrogens is 184 g/mol. The highest BCUT2D eigenvalue weighted by atomic mass is 15.3. The van der Waals surface area contributed by atoms with Gasteiger partial charge in [0.2, 0.25) is 0 Å². The zero-order chi connectivity index (χ0) is 11.6. The van der Waals surface area contributed by atoms with Crippen LogP contribution in [0.5, 0.6) is 0 Å². The minimum absolute atomic E-state index is 0.593. The molecule has 2 heteroatoms. The van der Waals surface area contributed by atoms with Crippen LogP contribution in [-0.2, 0) is 0 Å². The summed E-state index contributed by atoms with van der Waals surface area (Å²) in [5.41, 5.74) is 12.1. The molecule has 1 rings (SSSR count). The van der Waals surface area contributed by atoms with Crippen LogP contribution < -0.4 is 10.9 Å². The molecule has 0 aromatic heterocycles. The Hall–Kier alpha value is -0.760. The summed E-state index contributed by atoms with van der Waals surface area (Å²) in [6.07, 6.45) is 1.21. The van der Waals surface area contributed by atoms with E-state index in [1.165, 1.54) is 17.7 Å². The smallest absolute Gasteiger partial charge is 0.0225 e. The molecular formula is C13H24N2. The van der Waals surface area contributed by atoms with E-state index in [4.69, 9.17) is 0 Å². The average Bonchev–Trinajstić information content (AvgIpc) is 2.87. The fraction of sp³-hybridized carbons (Fsp3) is 0.692. The Morgan fingerprint density at radius 3 is 2.40 bits per heavy atom. The van der Waals surface area contributed by atoms with Crippen molar-refractivity contribution in [2.24, 2.45) is 11.8 Å². The number of hydrazine groups is 1. The maximum atomic E-state index is 3.16. The molecule has 2 atom stereocenters. The molecule has 0 bridgehead atoms. The number of allylic oxidation sites excluding steroid dienone is 4. The quantitative estimate of drug-likeness (QED) is 0.536. The maximum Gasteiger partial charge on any atom is 0.0225 e. The van der Waals surface area contributed by atoms with Crippen LogP contribution in [0.2, 0.25) is 0 Å². The van der Waals surface area contributed by atoms with Crippen LogP contribution in [0.3, 0.4) is 0 Å². The lowest BCUT2D eigenvalue weighted by Gasteiger charge is -2.15. The van der Waals surface area contributed by atoms with Crippen molar-refractivity contribution in [3.8, 4) is 0 Å². The molecule has 2 nitrogen and oxygen atoms in total. The van der Waals surface area contributed by atoms with Gasteiger partial charge >= 0.3 is 0 Å². The van der Waals surface area contributed by atoms with E-state index in [1.807, 2.05) is 7.05 Å². The number of hydrogen-bond donors (Lipinski definition) is 2. The van der Waals surface area contributed by atoms with Crippen LogP contribution in [0, 0.1) is 11.8 Å². The van der Waals surface area contributed by atoms with E-state index in [0.717, 1.165) is 5.92 Å². The number of hydrogen-bond acceptors (Lipinski definition) is 2. The molecule has 15 heavy (non-hydrogen) atoms. The summed E-state index contributed by atoms with van der Waals surface area (Å²) in [5.74, 6) is 1.35. The topological polar surface area (TPSA) is 24.1 Å². The fourth-order valence-electron chi connectivity index (χ4n) is 2.43. The molecule has 2 N–H and O–H groups in total. The van der Waals surface area contributed by atoms with Crippen LogP contribution in [0.4, 0.5) is 0 Å². The van der Waals surface area contributed by atoms with E-state index in [2.05, 4.69) is 45.5 Å². The Labute approximate surface area is 93.8 Å². The molecule has 0 aromatic rings. The lowest BCUT2D eigenvalue weighted by atomic mass is 9.96. The second kappa shape index (κ2) is 4.84. The van der Waals surface area contributed by atoms with Crippen LogP contribution >= 0.6 is 0 Å². The highest BCUT2D eigenvalue weighted by Gasteiger charge is 2.34. The van der Waals surface area contributed by atoms with Gasteiger partial charge in [-0.15, -0.1) is 0 Å². The molecule has 0 spiro atoms. The Morgan fingerprint density at radius 1 is 1.40 bits per heavy atom. The summed E-state index contributed by atoms with van der Waals surface area (Å²) in [4.78, 5) is 0. The molecule has 86 valence electrons. The zero-order valence-corrected chi connectivity index (χ0v) is 10.9. The van der Waals surface area contributed by atoms with Gasteiger partial charge in [-0.2, -0.15) is 0 Å². The van der Waals surface area contributed by atoms with Gasteiger partial charge in [-0.25, -0.2) is 5.43 Å². The molecule has 0 saturated heterocycles. The predicted molar refractivity (Wildman–Crippen MR) is 66.2 cm³/mol. The van der Waals surface area contributed by atoms with E-state index >= 15 is 0 Å². The summed E-state index contributed by atoms with van der Waals surface area (Å²) in [5, 5.41) is 0.